The summed E-state index contributed by atoms with van der Waals surface area (Å²) in [5.74, 6) is 0. The molecule has 0 bridgehead atoms. The number of nitrogens with zero attached hydrogens (tertiary/aromatic N) is 1. The summed E-state index contributed by atoms with van der Waals surface area (Å²) in [4.78, 5) is 4.25. The highest BCUT2D eigenvalue weighted by atomic mass is 16.7. The molecule has 0 aromatic carbocycles. The molecular weight excluding hydrogens is 182 g/mol. The van der Waals surface area contributed by atoms with Gasteiger partial charge in [0.05, 0.1) is 30.7 Å². The zero-order valence-corrected chi connectivity index (χ0v) is 8.01. The largest absolute Gasteiger partial charge is 0.387 e. The standard InChI is InChI=1S/C10H13NO3/c1-7(12)8-3-2-4-9(11-8)10-13-5-6-14-10/h2-4,7,10,12H,5-6H2,1H3. The maximum Gasteiger partial charge on any atom is 0.201 e. The van der Waals surface area contributed by atoms with Crippen molar-refractivity contribution in [1.29, 1.82) is 0 Å². The van der Waals surface area contributed by atoms with Gasteiger partial charge in [-0.1, -0.05) is 6.07 Å². The number of hydrogen-bond acceptors (Lipinski definition) is 4. The van der Waals surface area contributed by atoms with Crippen molar-refractivity contribution in [3.8, 4) is 0 Å². The Labute approximate surface area is 82.5 Å². The summed E-state index contributed by atoms with van der Waals surface area (Å²) >= 11 is 0. The summed E-state index contributed by atoms with van der Waals surface area (Å²) in [6, 6.07) is 5.46. The van der Waals surface area contributed by atoms with Gasteiger partial charge in [0.1, 0.15) is 0 Å². The van der Waals surface area contributed by atoms with E-state index in [0.29, 0.717) is 18.9 Å². The van der Waals surface area contributed by atoms with E-state index < -0.39 is 6.10 Å². The molecule has 14 heavy (non-hydrogen) atoms. The Morgan fingerprint density at radius 3 is 2.79 bits per heavy atom. The fourth-order valence-electron chi connectivity index (χ4n) is 1.36. The van der Waals surface area contributed by atoms with Crippen molar-refractivity contribution < 1.29 is 14.6 Å². The smallest absolute Gasteiger partial charge is 0.201 e. The molecule has 4 nitrogen and oxygen atoms in total. The van der Waals surface area contributed by atoms with E-state index in [1.54, 1.807) is 13.0 Å². The fraction of sp³-hybridized carbons (Fsp3) is 0.500. The van der Waals surface area contributed by atoms with Crippen LogP contribution in [0.2, 0.25) is 0 Å². The Balaban J connectivity index is 2.21. The summed E-state index contributed by atoms with van der Waals surface area (Å²) < 4.78 is 10.6. The van der Waals surface area contributed by atoms with Crippen LogP contribution in [0, 0.1) is 0 Å². The van der Waals surface area contributed by atoms with Gasteiger partial charge < -0.3 is 14.6 Å². The molecule has 2 rings (SSSR count). The highest BCUT2D eigenvalue weighted by molar-refractivity contribution is 5.13. The zero-order chi connectivity index (χ0) is 9.97. The predicted molar refractivity (Wildman–Crippen MR) is 49.5 cm³/mol. The number of rotatable bonds is 2. The van der Waals surface area contributed by atoms with Crippen LogP contribution in [0.15, 0.2) is 18.2 Å². The first kappa shape index (κ1) is 9.58. The van der Waals surface area contributed by atoms with Crippen LogP contribution in [0.4, 0.5) is 0 Å². The highest BCUT2D eigenvalue weighted by Crippen LogP contribution is 2.22. The van der Waals surface area contributed by atoms with E-state index in [-0.39, 0.29) is 6.29 Å². The van der Waals surface area contributed by atoms with E-state index in [1.165, 1.54) is 0 Å². The average molecular weight is 195 g/mol. The van der Waals surface area contributed by atoms with Crippen LogP contribution >= 0.6 is 0 Å². The van der Waals surface area contributed by atoms with Crippen LogP contribution in [0.5, 0.6) is 0 Å². The van der Waals surface area contributed by atoms with Crippen molar-refractivity contribution >= 4 is 0 Å². The average Bonchev–Trinajstić information content (AvgIpc) is 2.71. The Bertz CT molecular complexity index is 308. The molecule has 0 aliphatic carbocycles. The van der Waals surface area contributed by atoms with E-state index in [1.807, 2.05) is 12.1 Å². The Hall–Kier alpha value is -0.970. The summed E-state index contributed by atoms with van der Waals surface area (Å²) in [5.41, 5.74) is 1.36. The minimum Gasteiger partial charge on any atom is -0.387 e. The van der Waals surface area contributed by atoms with E-state index in [0.717, 1.165) is 5.69 Å². The van der Waals surface area contributed by atoms with Crippen LogP contribution in [-0.2, 0) is 9.47 Å². The molecule has 1 aliphatic rings. The first-order valence-corrected chi connectivity index (χ1v) is 4.65. The lowest BCUT2D eigenvalue weighted by molar-refractivity contribution is -0.0475. The third-order valence-corrected chi connectivity index (χ3v) is 2.08. The predicted octanol–water partition coefficient (Wildman–Crippen LogP) is 1.18. The highest BCUT2D eigenvalue weighted by Gasteiger charge is 2.20. The van der Waals surface area contributed by atoms with E-state index in [4.69, 9.17) is 9.47 Å². The van der Waals surface area contributed by atoms with Crippen molar-refractivity contribution in [1.82, 2.24) is 4.98 Å². The topological polar surface area (TPSA) is 51.6 Å². The SMILES string of the molecule is CC(O)c1cccc(C2OCCO2)n1. The first-order chi connectivity index (χ1) is 6.77. The molecule has 2 heterocycles. The molecule has 1 atom stereocenters. The van der Waals surface area contributed by atoms with Crippen molar-refractivity contribution in [3.05, 3.63) is 29.6 Å². The van der Waals surface area contributed by atoms with Gasteiger partial charge in [0.25, 0.3) is 0 Å². The van der Waals surface area contributed by atoms with Crippen molar-refractivity contribution in [2.45, 2.75) is 19.3 Å². The lowest BCUT2D eigenvalue weighted by Gasteiger charge is -2.10. The minimum atomic E-state index is -0.559. The van der Waals surface area contributed by atoms with Gasteiger partial charge in [-0.25, -0.2) is 4.98 Å². The minimum absolute atomic E-state index is 0.367. The molecule has 1 aromatic rings. The van der Waals surface area contributed by atoms with Crippen LogP contribution in [0.25, 0.3) is 0 Å². The Morgan fingerprint density at radius 1 is 1.43 bits per heavy atom. The third kappa shape index (κ3) is 1.92. The van der Waals surface area contributed by atoms with Gasteiger partial charge in [-0.2, -0.15) is 0 Å². The summed E-state index contributed by atoms with van der Waals surface area (Å²) in [6.07, 6.45) is -0.926. The van der Waals surface area contributed by atoms with Gasteiger partial charge in [-0.05, 0) is 19.1 Å². The zero-order valence-electron chi connectivity index (χ0n) is 8.01. The quantitative estimate of drug-likeness (QED) is 0.769. The third-order valence-electron chi connectivity index (χ3n) is 2.08. The lowest BCUT2D eigenvalue weighted by atomic mass is 10.2. The molecule has 76 valence electrons. The lowest BCUT2D eigenvalue weighted by Crippen LogP contribution is -2.04. The fourth-order valence-corrected chi connectivity index (χ4v) is 1.36. The van der Waals surface area contributed by atoms with Crippen molar-refractivity contribution in [2.75, 3.05) is 13.2 Å². The number of hydrogen-bond donors (Lipinski definition) is 1. The maximum absolute atomic E-state index is 9.35. The molecule has 1 N–H and O–H groups in total. The molecule has 1 unspecified atom stereocenters. The number of aromatic nitrogens is 1. The molecule has 0 spiro atoms. The molecule has 1 fully saturated rings. The van der Waals surface area contributed by atoms with E-state index >= 15 is 0 Å². The van der Waals surface area contributed by atoms with Gasteiger partial charge in [0.15, 0.2) is 0 Å². The normalized spacial score (nSPS) is 19.9. The second-order valence-corrected chi connectivity index (χ2v) is 3.24. The van der Waals surface area contributed by atoms with Gasteiger partial charge in [-0.15, -0.1) is 0 Å². The van der Waals surface area contributed by atoms with Crippen LogP contribution in [0.3, 0.4) is 0 Å². The second kappa shape index (κ2) is 4.04. The number of ether oxygens (including phenoxy) is 2. The monoisotopic (exact) mass is 195 g/mol. The Kier molecular flexibility index (Phi) is 2.77. The van der Waals surface area contributed by atoms with Crippen molar-refractivity contribution in [3.63, 3.8) is 0 Å². The molecule has 0 saturated carbocycles. The van der Waals surface area contributed by atoms with E-state index in [2.05, 4.69) is 4.98 Å². The van der Waals surface area contributed by atoms with Crippen LogP contribution in [0.1, 0.15) is 30.7 Å². The molecular formula is C10H13NO3. The number of aliphatic hydroxyl groups is 1. The molecule has 0 amide bonds. The Morgan fingerprint density at radius 2 is 2.14 bits per heavy atom. The van der Waals surface area contributed by atoms with Crippen LogP contribution < -0.4 is 0 Å². The number of aliphatic hydroxyl groups excluding tert-OH is 1. The second-order valence-electron chi connectivity index (χ2n) is 3.24. The summed E-state index contributed by atoms with van der Waals surface area (Å²) in [5, 5.41) is 9.35. The first-order valence-electron chi connectivity index (χ1n) is 4.65. The molecule has 1 saturated heterocycles. The van der Waals surface area contributed by atoms with E-state index in [9.17, 15) is 5.11 Å². The summed E-state index contributed by atoms with van der Waals surface area (Å²) in [6.45, 7) is 2.89. The van der Waals surface area contributed by atoms with Gasteiger partial charge >= 0.3 is 0 Å². The van der Waals surface area contributed by atoms with Gasteiger partial charge in [0, 0.05) is 0 Å². The van der Waals surface area contributed by atoms with Gasteiger partial charge in [-0.3, -0.25) is 0 Å². The van der Waals surface area contributed by atoms with Crippen molar-refractivity contribution in [2.24, 2.45) is 0 Å². The summed E-state index contributed by atoms with van der Waals surface area (Å²) in [7, 11) is 0. The van der Waals surface area contributed by atoms with Crippen LogP contribution in [-0.4, -0.2) is 23.3 Å². The number of pyridine rings is 1. The molecule has 4 heteroatoms. The molecule has 0 radical (unpaired) electrons. The molecule has 1 aliphatic heterocycles. The molecule has 1 aromatic heterocycles. The van der Waals surface area contributed by atoms with Gasteiger partial charge in [0.2, 0.25) is 6.29 Å². The maximum atomic E-state index is 9.35.